The Labute approximate surface area is 128 Å². The fraction of sp³-hybridized carbons (Fsp3) is 0.611. The van der Waals surface area contributed by atoms with E-state index in [4.69, 9.17) is 5.73 Å². The average Bonchev–Trinajstić information content (AvgIpc) is 2.32. The second-order valence-electron chi connectivity index (χ2n) is 6.90. The van der Waals surface area contributed by atoms with Crippen molar-refractivity contribution in [1.29, 1.82) is 0 Å². The van der Waals surface area contributed by atoms with Crippen molar-refractivity contribution < 1.29 is 4.79 Å². The summed E-state index contributed by atoms with van der Waals surface area (Å²) >= 11 is 0. The standard InChI is InChI=1S/C18H28N2O/c1-10-6-11(2)15(12(3)7-10)9-16-17(18(19)21)13(4)8-14(5)20-16/h6-7,13-14,16-17,20H,8-9H2,1-5H3,(H2,19,21). The number of hydrogen-bond donors (Lipinski definition) is 2. The third-order valence-electron chi connectivity index (χ3n) is 4.86. The van der Waals surface area contributed by atoms with E-state index < -0.39 is 0 Å². The van der Waals surface area contributed by atoms with Gasteiger partial charge in [0.2, 0.25) is 5.91 Å². The fourth-order valence-electron chi connectivity index (χ4n) is 4.05. The van der Waals surface area contributed by atoms with Crippen molar-refractivity contribution in [3.05, 3.63) is 34.4 Å². The Balaban J connectivity index is 2.29. The summed E-state index contributed by atoms with van der Waals surface area (Å²) < 4.78 is 0. The molecule has 1 aromatic rings. The van der Waals surface area contributed by atoms with Crippen molar-refractivity contribution in [2.75, 3.05) is 0 Å². The molecule has 3 heteroatoms. The smallest absolute Gasteiger partial charge is 0.222 e. The molecule has 0 aliphatic carbocycles. The third-order valence-corrected chi connectivity index (χ3v) is 4.86. The summed E-state index contributed by atoms with van der Waals surface area (Å²) in [6.45, 7) is 10.8. The van der Waals surface area contributed by atoms with Gasteiger partial charge in [0.25, 0.3) is 0 Å². The molecule has 1 aliphatic heterocycles. The van der Waals surface area contributed by atoms with Crippen LogP contribution in [-0.2, 0) is 11.2 Å². The number of benzene rings is 1. The van der Waals surface area contributed by atoms with Crippen LogP contribution in [0.15, 0.2) is 12.1 Å². The van der Waals surface area contributed by atoms with E-state index in [1.807, 2.05) is 0 Å². The van der Waals surface area contributed by atoms with Gasteiger partial charge in [-0.1, -0.05) is 24.6 Å². The van der Waals surface area contributed by atoms with E-state index in [1.165, 1.54) is 22.3 Å². The largest absolute Gasteiger partial charge is 0.369 e. The molecule has 0 aromatic heterocycles. The van der Waals surface area contributed by atoms with Gasteiger partial charge in [-0.25, -0.2) is 0 Å². The van der Waals surface area contributed by atoms with Crippen molar-refractivity contribution in [3.63, 3.8) is 0 Å². The number of amides is 1. The van der Waals surface area contributed by atoms with E-state index in [0.29, 0.717) is 12.0 Å². The van der Waals surface area contributed by atoms with Gasteiger partial charge in [-0.05, 0) is 63.1 Å². The molecule has 4 atom stereocenters. The van der Waals surface area contributed by atoms with Crippen LogP contribution in [0.3, 0.4) is 0 Å². The lowest BCUT2D eigenvalue weighted by Crippen LogP contribution is -2.55. The molecule has 1 heterocycles. The molecular weight excluding hydrogens is 260 g/mol. The zero-order valence-electron chi connectivity index (χ0n) is 13.9. The molecule has 2 rings (SSSR count). The molecule has 116 valence electrons. The Bertz CT molecular complexity index is 515. The highest BCUT2D eigenvalue weighted by molar-refractivity contribution is 5.78. The average molecular weight is 288 g/mol. The number of primary amides is 1. The highest BCUT2D eigenvalue weighted by Crippen LogP contribution is 2.29. The van der Waals surface area contributed by atoms with Crippen molar-refractivity contribution in [2.24, 2.45) is 17.6 Å². The number of nitrogens with two attached hydrogens (primary N) is 1. The highest BCUT2D eigenvalue weighted by atomic mass is 16.1. The summed E-state index contributed by atoms with van der Waals surface area (Å²) in [5, 5.41) is 3.59. The molecular formula is C18H28N2O. The molecule has 3 N–H and O–H groups in total. The maximum absolute atomic E-state index is 11.9. The van der Waals surface area contributed by atoms with Crippen LogP contribution in [0.1, 0.15) is 42.5 Å². The number of aryl methyl sites for hydroxylation is 3. The summed E-state index contributed by atoms with van der Waals surface area (Å²) in [5.74, 6) is 0.0884. The maximum Gasteiger partial charge on any atom is 0.222 e. The van der Waals surface area contributed by atoms with Gasteiger partial charge < -0.3 is 11.1 Å². The summed E-state index contributed by atoms with van der Waals surface area (Å²) in [7, 11) is 0. The van der Waals surface area contributed by atoms with Crippen LogP contribution < -0.4 is 11.1 Å². The minimum absolute atomic E-state index is 0.0821. The molecule has 0 saturated carbocycles. The van der Waals surface area contributed by atoms with E-state index in [0.717, 1.165) is 12.8 Å². The molecule has 1 aliphatic rings. The minimum atomic E-state index is -0.172. The lowest BCUT2D eigenvalue weighted by Gasteiger charge is -2.39. The second-order valence-corrected chi connectivity index (χ2v) is 6.90. The zero-order valence-corrected chi connectivity index (χ0v) is 13.9. The number of carbonyl (C=O) groups is 1. The fourth-order valence-corrected chi connectivity index (χ4v) is 4.05. The predicted octanol–water partition coefficient (Wildman–Crippen LogP) is 2.64. The third kappa shape index (κ3) is 3.46. The Morgan fingerprint density at radius 3 is 2.33 bits per heavy atom. The van der Waals surface area contributed by atoms with Crippen molar-refractivity contribution in [3.8, 4) is 0 Å². The molecule has 3 nitrogen and oxygen atoms in total. The van der Waals surface area contributed by atoms with Crippen LogP contribution in [0.4, 0.5) is 0 Å². The van der Waals surface area contributed by atoms with Crippen LogP contribution in [0.2, 0.25) is 0 Å². The van der Waals surface area contributed by atoms with Gasteiger partial charge in [0.05, 0.1) is 5.92 Å². The maximum atomic E-state index is 11.9. The molecule has 0 spiro atoms. The SMILES string of the molecule is Cc1cc(C)c(CC2NC(C)CC(C)C2C(N)=O)c(C)c1. The Morgan fingerprint density at radius 2 is 1.81 bits per heavy atom. The van der Waals surface area contributed by atoms with Crippen LogP contribution >= 0.6 is 0 Å². The normalized spacial score (nSPS) is 29.4. The Kier molecular flexibility index (Phi) is 4.72. The zero-order chi connectivity index (χ0) is 15.7. The van der Waals surface area contributed by atoms with Gasteiger partial charge in [0, 0.05) is 12.1 Å². The molecule has 21 heavy (non-hydrogen) atoms. The van der Waals surface area contributed by atoms with Crippen molar-refractivity contribution in [2.45, 2.75) is 59.5 Å². The van der Waals surface area contributed by atoms with Gasteiger partial charge in [-0.15, -0.1) is 0 Å². The first-order chi connectivity index (χ1) is 9.79. The van der Waals surface area contributed by atoms with Crippen LogP contribution in [0.25, 0.3) is 0 Å². The van der Waals surface area contributed by atoms with E-state index in [9.17, 15) is 4.79 Å². The number of carbonyl (C=O) groups excluding carboxylic acids is 1. The molecule has 1 aromatic carbocycles. The van der Waals surface area contributed by atoms with E-state index >= 15 is 0 Å². The van der Waals surface area contributed by atoms with Crippen molar-refractivity contribution in [1.82, 2.24) is 5.32 Å². The molecule has 0 radical (unpaired) electrons. The van der Waals surface area contributed by atoms with E-state index in [2.05, 4.69) is 52.1 Å². The van der Waals surface area contributed by atoms with Gasteiger partial charge >= 0.3 is 0 Å². The molecule has 1 amide bonds. The van der Waals surface area contributed by atoms with Gasteiger partial charge in [-0.2, -0.15) is 0 Å². The quantitative estimate of drug-likeness (QED) is 0.898. The van der Waals surface area contributed by atoms with Crippen molar-refractivity contribution >= 4 is 5.91 Å². The first-order valence-electron chi connectivity index (χ1n) is 7.91. The summed E-state index contributed by atoms with van der Waals surface area (Å²) in [5.41, 5.74) is 10.9. The topological polar surface area (TPSA) is 55.1 Å². The lowest BCUT2D eigenvalue weighted by atomic mass is 9.76. The van der Waals surface area contributed by atoms with E-state index in [1.54, 1.807) is 0 Å². The van der Waals surface area contributed by atoms with Gasteiger partial charge in [-0.3, -0.25) is 4.79 Å². The number of rotatable bonds is 3. The number of piperidine rings is 1. The summed E-state index contributed by atoms with van der Waals surface area (Å²) in [4.78, 5) is 11.9. The second kappa shape index (κ2) is 6.18. The van der Waals surface area contributed by atoms with Crippen LogP contribution in [-0.4, -0.2) is 18.0 Å². The van der Waals surface area contributed by atoms with Crippen LogP contribution in [0.5, 0.6) is 0 Å². The predicted molar refractivity (Wildman–Crippen MR) is 87.2 cm³/mol. The summed E-state index contributed by atoms with van der Waals surface area (Å²) in [6, 6.07) is 5.02. The summed E-state index contributed by atoms with van der Waals surface area (Å²) in [6.07, 6.45) is 1.89. The Morgan fingerprint density at radius 1 is 1.24 bits per heavy atom. The monoisotopic (exact) mass is 288 g/mol. The molecule has 1 fully saturated rings. The molecule has 1 saturated heterocycles. The minimum Gasteiger partial charge on any atom is -0.369 e. The molecule has 4 unspecified atom stereocenters. The highest BCUT2D eigenvalue weighted by Gasteiger charge is 2.37. The first-order valence-corrected chi connectivity index (χ1v) is 7.91. The lowest BCUT2D eigenvalue weighted by molar-refractivity contribution is -0.125. The number of hydrogen-bond acceptors (Lipinski definition) is 2. The van der Waals surface area contributed by atoms with E-state index in [-0.39, 0.29) is 17.9 Å². The Hall–Kier alpha value is -1.35. The first kappa shape index (κ1) is 16.0. The van der Waals surface area contributed by atoms with Gasteiger partial charge in [0.15, 0.2) is 0 Å². The number of nitrogens with one attached hydrogen (secondary N) is 1. The van der Waals surface area contributed by atoms with Gasteiger partial charge in [0.1, 0.15) is 0 Å². The van der Waals surface area contributed by atoms with Crippen LogP contribution in [0, 0.1) is 32.6 Å². The molecule has 0 bridgehead atoms.